The molecule has 40 heavy (non-hydrogen) atoms. The Balaban J connectivity index is 1.81. The van der Waals surface area contributed by atoms with E-state index in [2.05, 4.69) is 5.32 Å². The van der Waals surface area contributed by atoms with Crippen LogP contribution in [0.5, 0.6) is 0 Å². The third-order valence-electron chi connectivity index (χ3n) is 6.54. The van der Waals surface area contributed by atoms with Gasteiger partial charge in [0.25, 0.3) is 0 Å². The molecule has 1 atom stereocenters. The van der Waals surface area contributed by atoms with Gasteiger partial charge in [-0.1, -0.05) is 74.5 Å². The fraction of sp³-hybridized carbons (Fsp3) is 0.355. The van der Waals surface area contributed by atoms with Crippen molar-refractivity contribution in [2.24, 2.45) is 5.92 Å². The van der Waals surface area contributed by atoms with Gasteiger partial charge in [0.15, 0.2) is 0 Å². The lowest BCUT2D eigenvalue weighted by atomic mass is 10.0. The fourth-order valence-electron chi connectivity index (χ4n) is 4.25. The molecule has 0 aromatic heterocycles. The molecule has 0 spiro atoms. The minimum absolute atomic E-state index is 0.0403. The lowest BCUT2D eigenvalue weighted by Crippen LogP contribution is -2.51. The van der Waals surface area contributed by atoms with E-state index in [0.717, 1.165) is 5.56 Å². The van der Waals surface area contributed by atoms with Crippen LogP contribution in [0.2, 0.25) is 0 Å². The van der Waals surface area contributed by atoms with Crippen molar-refractivity contribution in [2.75, 3.05) is 20.1 Å². The molecule has 0 aliphatic rings. The number of amides is 2. The first-order chi connectivity index (χ1) is 19.1. The summed E-state index contributed by atoms with van der Waals surface area (Å²) in [5.41, 5.74) is 1.59. The summed E-state index contributed by atoms with van der Waals surface area (Å²) < 4.78 is 40.6. The number of hydrogen-bond donors (Lipinski definition) is 1. The molecule has 0 unspecified atom stereocenters. The van der Waals surface area contributed by atoms with Crippen molar-refractivity contribution in [3.05, 3.63) is 102 Å². The van der Waals surface area contributed by atoms with Crippen molar-refractivity contribution in [3.63, 3.8) is 0 Å². The van der Waals surface area contributed by atoms with Gasteiger partial charge in [-0.3, -0.25) is 9.59 Å². The summed E-state index contributed by atoms with van der Waals surface area (Å²) in [6, 6.07) is 22.7. The minimum Gasteiger partial charge on any atom is -0.354 e. The summed E-state index contributed by atoms with van der Waals surface area (Å²) in [5, 5.41) is 2.96. The van der Waals surface area contributed by atoms with Gasteiger partial charge in [-0.15, -0.1) is 0 Å². The number of carbonyl (C=O) groups excluding carboxylic acids is 2. The number of rotatable bonds is 14. The molecule has 9 heteroatoms. The second-order valence-corrected chi connectivity index (χ2v) is 12.3. The van der Waals surface area contributed by atoms with Crippen molar-refractivity contribution >= 4 is 21.8 Å². The predicted molar refractivity (Wildman–Crippen MR) is 154 cm³/mol. The Labute approximate surface area is 237 Å². The molecular weight excluding hydrogens is 529 g/mol. The second kappa shape index (κ2) is 14.7. The Kier molecular flexibility index (Phi) is 11.4. The van der Waals surface area contributed by atoms with E-state index >= 15 is 0 Å². The highest BCUT2D eigenvalue weighted by Gasteiger charge is 2.30. The number of hydrogen-bond acceptors (Lipinski definition) is 4. The molecular formula is C31H38FN3O4S. The quantitative estimate of drug-likeness (QED) is 0.308. The molecule has 0 saturated carbocycles. The standard InChI is InChI=1S/C31H38FN3O4S/c1-24(2)22-33-31(37)29(21-25-11-6-4-7-12-25)35(23-26-16-18-27(32)19-17-26)30(36)15-10-20-34(3)40(38,39)28-13-8-5-9-14-28/h4-9,11-14,16-19,24,29H,10,15,20-23H2,1-3H3,(H,33,37)/t29-/m0/s1. The van der Waals surface area contributed by atoms with E-state index in [1.807, 2.05) is 44.2 Å². The largest absolute Gasteiger partial charge is 0.354 e. The van der Waals surface area contributed by atoms with E-state index < -0.39 is 16.1 Å². The van der Waals surface area contributed by atoms with Crippen LogP contribution in [0.1, 0.15) is 37.8 Å². The van der Waals surface area contributed by atoms with E-state index in [4.69, 9.17) is 0 Å². The van der Waals surface area contributed by atoms with E-state index in [1.165, 1.54) is 40.5 Å². The number of halogens is 1. The molecule has 0 bridgehead atoms. The van der Waals surface area contributed by atoms with Gasteiger partial charge >= 0.3 is 0 Å². The zero-order chi connectivity index (χ0) is 29.1. The third-order valence-corrected chi connectivity index (χ3v) is 8.41. The maximum atomic E-state index is 13.7. The highest BCUT2D eigenvalue weighted by molar-refractivity contribution is 7.89. The number of nitrogens with one attached hydrogen (secondary N) is 1. The van der Waals surface area contributed by atoms with Crippen LogP contribution in [-0.2, 0) is 32.6 Å². The van der Waals surface area contributed by atoms with Crippen LogP contribution in [0.25, 0.3) is 0 Å². The fourth-order valence-corrected chi connectivity index (χ4v) is 5.48. The van der Waals surface area contributed by atoms with Crippen LogP contribution in [0.3, 0.4) is 0 Å². The SMILES string of the molecule is CC(C)CNC(=O)[C@H](Cc1ccccc1)N(Cc1ccc(F)cc1)C(=O)CCCN(C)S(=O)(=O)c1ccccc1. The van der Waals surface area contributed by atoms with Crippen LogP contribution in [0.15, 0.2) is 89.8 Å². The smallest absolute Gasteiger partial charge is 0.243 e. The summed E-state index contributed by atoms with van der Waals surface area (Å²) in [4.78, 5) is 28.9. The topological polar surface area (TPSA) is 86.8 Å². The molecule has 1 N–H and O–H groups in total. The number of benzene rings is 3. The first-order valence-electron chi connectivity index (χ1n) is 13.4. The summed E-state index contributed by atoms with van der Waals surface area (Å²) in [6.45, 7) is 4.70. The Morgan fingerprint density at radius 2 is 1.48 bits per heavy atom. The van der Waals surface area contributed by atoms with Crippen LogP contribution in [-0.4, -0.2) is 55.6 Å². The van der Waals surface area contributed by atoms with Crippen molar-refractivity contribution in [1.82, 2.24) is 14.5 Å². The lowest BCUT2D eigenvalue weighted by molar-refractivity contribution is -0.141. The first kappa shape index (κ1) is 31.0. The zero-order valence-electron chi connectivity index (χ0n) is 23.3. The molecule has 0 heterocycles. The number of carbonyl (C=O) groups is 2. The third kappa shape index (κ3) is 8.99. The molecule has 0 aliphatic carbocycles. The van der Waals surface area contributed by atoms with E-state index in [0.29, 0.717) is 18.5 Å². The van der Waals surface area contributed by atoms with Crippen molar-refractivity contribution in [2.45, 2.75) is 50.6 Å². The van der Waals surface area contributed by atoms with Gasteiger partial charge in [0.1, 0.15) is 11.9 Å². The summed E-state index contributed by atoms with van der Waals surface area (Å²) in [6.07, 6.45) is 0.617. The number of sulfonamides is 1. The summed E-state index contributed by atoms with van der Waals surface area (Å²) in [5.74, 6) is -0.711. The van der Waals surface area contributed by atoms with Gasteiger partial charge in [-0.2, -0.15) is 0 Å². The van der Waals surface area contributed by atoms with Crippen molar-refractivity contribution < 1.29 is 22.4 Å². The Bertz CT molecular complexity index is 1330. The van der Waals surface area contributed by atoms with Gasteiger partial charge in [0, 0.05) is 39.5 Å². The molecule has 214 valence electrons. The maximum Gasteiger partial charge on any atom is 0.243 e. The molecule has 0 saturated heterocycles. The van der Waals surface area contributed by atoms with Gasteiger partial charge in [-0.25, -0.2) is 17.1 Å². The second-order valence-electron chi connectivity index (χ2n) is 10.2. The summed E-state index contributed by atoms with van der Waals surface area (Å²) >= 11 is 0. The Hall–Kier alpha value is -3.56. The molecule has 0 radical (unpaired) electrons. The van der Waals surface area contributed by atoms with Gasteiger partial charge in [0.05, 0.1) is 4.90 Å². The highest BCUT2D eigenvalue weighted by Crippen LogP contribution is 2.18. The van der Waals surface area contributed by atoms with E-state index in [1.54, 1.807) is 30.3 Å². The van der Waals surface area contributed by atoms with E-state index in [-0.39, 0.29) is 54.4 Å². The molecule has 2 amide bonds. The zero-order valence-corrected chi connectivity index (χ0v) is 24.1. The van der Waals surface area contributed by atoms with Crippen molar-refractivity contribution in [3.8, 4) is 0 Å². The predicted octanol–water partition coefficient (Wildman–Crippen LogP) is 4.64. The Morgan fingerprint density at radius 3 is 2.08 bits per heavy atom. The minimum atomic E-state index is -3.69. The maximum absolute atomic E-state index is 13.7. The van der Waals surface area contributed by atoms with Gasteiger partial charge < -0.3 is 10.2 Å². The summed E-state index contributed by atoms with van der Waals surface area (Å²) in [7, 11) is -2.20. The van der Waals surface area contributed by atoms with Crippen LogP contribution < -0.4 is 5.32 Å². The molecule has 7 nitrogen and oxygen atoms in total. The molecule has 0 aliphatic heterocycles. The van der Waals surface area contributed by atoms with Gasteiger partial charge in [-0.05, 0) is 47.7 Å². The average Bonchev–Trinajstić information content (AvgIpc) is 2.95. The molecule has 3 aromatic carbocycles. The lowest BCUT2D eigenvalue weighted by Gasteiger charge is -2.32. The normalized spacial score (nSPS) is 12.3. The Morgan fingerprint density at radius 1 is 0.875 bits per heavy atom. The number of nitrogens with zero attached hydrogens (tertiary/aromatic N) is 2. The van der Waals surface area contributed by atoms with Crippen LogP contribution in [0.4, 0.5) is 4.39 Å². The molecule has 0 fully saturated rings. The van der Waals surface area contributed by atoms with Crippen LogP contribution in [0, 0.1) is 11.7 Å². The molecule has 3 aromatic rings. The first-order valence-corrected chi connectivity index (χ1v) is 14.9. The molecule has 3 rings (SSSR count). The monoisotopic (exact) mass is 567 g/mol. The van der Waals surface area contributed by atoms with Crippen LogP contribution >= 0.6 is 0 Å². The van der Waals surface area contributed by atoms with Gasteiger partial charge in [0.2, 0.25) is 21.8 Å². The van der Waals surface area contributed by atoms with E-state index in [9.17, 15) is 22.4 Å². The highest BCUT2D eigenvalue weighted by atomic mass is 32.2. The van der Waals surface area contributed by atoms with Crippen molar-refractivity contribution in [1.29, 1.82) is 0 Å². The average molecular weight is 568 g/mol.